The van der Waals surface area contributed by atoms with E-state index in [9.17, 15) is 19.2 Å². The van der Waals surface area contributed by atoms with Crippen molar-refractivity contribution >= 4 is 23.9 Å². The summed E-state index contributed by atoms with van der Waals surface area (Å²) in [5.41, 5.74) is 0. The molecule has 0 aliphatic carbocycles. The number of hydrogen-bond donors (Lipinski definition) is 0. The quantitative estimate of drug-likeness (QED) is 0.0338. The first-order valence-corrected chi connectivity index (χ1v) is 27.0. The van der Waals surface area contributed by atoms with Crippen LogP contribution in [0.4, 0.5) is 0 Å². The molecule has 0 N–H and O–H groups in total. The molecule has 8 heteroatoms. The largest absolute Gasteiger partial charge is 0.465 e. The van der Waals surface area contributed by atoms with Crippen LogP contribution in [-0.2, 0) is 38.1 Å². The first kappa shape index (κ1) is 59.9. The average Bonchev–Trinajstić information content (AvgIpc) is 3.26. The number of ether oxygens (including phenoxy) is 4. The van der Waals surface area contributed by atoms with Crippen molar-refractivity contribution in [3.8, 4) is 0 Å². The van der Waals surface area contributed by atoms with E-state index in [1.807, 2.05) is 6.92 Å². The monoisotopic (exact) mass is 879 g/mol. The third-order valence-electron chi connectivity index (χ3n) is 12.2. The highest BCUT2D eigenvalue weighted by Gasteiger charge is 2.16. The highest BCUT2D eigenvalue weighted by molar-refractivity contribution is 5.70. The second-order valence-electron chi connectivity index (χ2n) is 18.7. The van der Waals surface area contributed by atoms with E-state index in [0.29, 0.717) is 25.7 Å². The van der Waals surface area contributed by atoms with E-state index < -0.39 is 0 Å². The lowest BCUT2D eigenvalue weighted by molar-refractivity contribution is -0.151. The van der Waals surface area contributed by atoms with Crippen molar-refractivity contribution in [2.24, 2.45) is 5.92 Å². The molecule has 0 bridgehead atoms. The zero-order valence-corrected chi connectivity index (χ0v) is 41.7. The van der Waals surface area contributed by atoms with Crippen LogP contribution in [0.3, 0.4) is 0 Å². The van der Waals surface area contributed by atoms with Gasteiger partial charge in [-0.15, -0.1) is 0 Å². The van der Waals surface area contributed by atoms with E-state index in [1.54, 1.807) is 0 Å². The van der Waals surface area contributed by atoms with Crippen LogP contribution >= 0.6 is 0 Å². The van der Waals surface area contributed by atoms with Gasteiger partial charge in [0.05, 0.1) is 13.2 Å². The van der Waals surface area contributed by atoms with Crippen LogP contribution in [0.1, 0.15) is 291 Å². The fraction of sp³-hybridized carbons (Fsp3) is 0.926. The molecule has 0 aliphatic heterocycles. The molecule has 62 heavy (non-hydrogen) atoms. The molecule has 0 atom stereocenters. The maximum Gasteiger partial charge on any atom is 0.306 e. The first-order valence-electron chi connectivity index (χ1n) is 27.0. The topological polar surface area (TPSA) is 105 Å². The van der Waals surface area contributed by atoms with Gasteiger partial charge in [-0.25, -0.2) is 0 Å². The van der Waals surface area contributed by atoms with Crippen LogP contribution in [0.2, 0.25) is 0 Å². The molecule has 366 valence electrons. The predicted molar refractivity (Wildman–Crippen MR) is 258 cm³/mol. The van der Waals surface area contributed by atoms with Gasteiger partial charge >= 0.3 is 23.9 Å². The summed E-state index contributed by atoms with van der Waals surface area (Å²) in [6.07, 6.45) is 42.2. The molecule has 0 rings (SSSR count). The molecule has 0 radical (unpaired) electrons. The Morgan fingerprint density at radius 2 is 0.532 bits per heavy atom. The SMILES string of the molecule is CCCCCCCCC(CCCCCCCC)OC(=O)CCCCCCC(=O)OCC(C)COC(=O)CCCCCCC(=O)OC(CCCCCCCC)CCCCCCCC. The Kier molecular flexibility index (Phi) is 45.3. The second kappa shape index (κ2) is 46.9. The Bertz CT molecular complexity index is 904. The molecule has 0 aliphatic rings. The van der Waals surface area contributed by atoms with Crippen molar-refractivity contribution in [1.82, 2.24) is 0 Å². The Morgan fingerprint density at radius 3 is 0.806 bits per heavy atom. The van der Waals surface area contributed by atoms with Crippen LogP contribution in [0, 0.1) is 5.92 Å². The van der Waals surface area contributed by atoms with Gasteiger partial charge < -0.3 is 18.9 Å². The van der Waals surface area contributed by atoms with Crippen molar-refractivity contribution in [3.63, 3.8) is 0 Å². The van der Waals surface area contributed by atoms with Crippen molar-refractivity contribution in [2.45, 2.75) is 304 Å². The van der Waals surface area contributed by atoms with E-state index >= 15 is 0 Å². The van der Waals surface area contributed by atoms with Gasteiger partial charge in [-0.2, -0.15) is 0 Å². The van der Waals surface area contributed by atoms with Gasteiger partial charge in [0.2, 0.25) is 0 Å². The van der Waals surface area contributed by atoms with Crippen molar-refractivity contribution in [1.29, 1.82) is 0 Å². The summed E-state index contributed by atoms with van der Waals surface area (Å²) >= 11 is 0. The highest BCUT2D eigenvalue weighted by Crippen LogP contribution is 2.20. The molecule has 0 amide bonds. The van der Waals surface area contributed by atoms with Crippen molar-refractivity contribution in [3.05, 3.63) is 0 Å². The molecule has 0 aromatic rings. The highest BCUT2D eigenvalue weighted by atomic mass is 16.6. The minimum Gasteiger partial charge on any atom is -0.465 e. The van der Waals surface area contributed by atoms with E-state index in [-0.39, 0.29) is 55.2 Å². The Hall–Kier alpha value is -2.12. The van der Waals surface area contributed by atoms with E-state index in [2.05, 4.69) is 27.7 Å². The average molecular weight is 879 g/mol. The van der Waals surface area contributed by atoms with E-state index in [4.69, 9.17) is 18.9 Å². The van der Waals surface area contributed by atoms with E-state index in [0.717, 1.165) is 103 Å². The van der Waals surface area contributed by atoms with Gasteiger partial charge in [-0.05, 0) is 77.0 Å². The lowest BCUT2D eigenvalue weighted by atomic mass is 10.0. The molecular formula is C54H102O8. The summed E-state index contributed by atoms with van der Waals surface area (Å²) < 4.78 is 22.8. The first-order chi connectivity index (χ1) is 30.2. The number of rotatable bonds is 48. The lowest BCUT2D eigenvalue weighted by Crippen LogP contribution is -2.18. The lowest BCUT2D eigenvalue weighted by Gasteiger charge is -2.18. The Morgan fingerprint density at radius 1 is 0.306 bits per heavy atom. The predicted octanol–water partition coefficient (Wildman–Crippen LogP) is 16.2. The summed E-state index contributed by atoms with van der Waals surface area (Å²) in [5.74, 6) is -0.682. The zero-order valence-electron chi connectivity index (χ0n) is 41.7. The maximum absolute atomic E-state index is 12.7. The molecule has 0 fully saturated rings. The molecule has 0 aromatic heterocycles. The van der Waals surface area contributed by atoms with Crippen LogP contribution in [0.5, 0.6) is 0 Å². The molecule has 0 aromatic carbocycles. The summed E-state index contributed by atoms with van der Waals surface area (Å²) in [7, 11) is 0. The van der Waals surface area contributed by atoms with Gasteiger partial charge in [0, 0.05) is 31.6 Å². The summed E-state index contributed by atoms with van der Waals surface area (Å²) in [4.78, 5) is 50.0. The second-order valence-corrected chi connectivity index (χ2v) is 18.7. The molecule has 0 saturated heterocycles. The normalized spacial score (nSPS) is 11.5. The minimum atomic E-state index is -0.232. The molecular weight excluding hydrogens is 777 g/mol. The maximum atomic E-state index is 12.7. The van der Waals surface area contributed by atoms with E-state index in [1.165, 1.54) is 128 Å². The number of carbonyl (C=O) groups is 4. The van der Waals surface area contributed by atoms with Crippen molar-refractivity contribution < 1.29 is 38.1 Å². The molecule has 0 saturated carbocycles. The van der Waals surface area contributed by atoms with Crippen molar-refractivity contribution in [2.75, 3.05) is 13.2 Å². The van der Waals surface area contributed by atoms with Gasteiger partial charge in [-0.3, -0.25) is 19.2 Å². The fourth-order valence-electron chi connectivity index (χ4n) is 8.07. The number of unbranched alkanes of at least 4 members (excludes halogenated alkanes) is 26. The van der Waals surface area contributed by atoms with Crippen LogP contribution < -0.4 is 0 Å². The molecule has 8 nitrogen and oxygen atoms in total. The van der Waals surface area contributed by atoms with Gasteiger partial charge in [0.15, 0.2) is 0 Å². The Balaban J connectivity index is 4.10. The number of hydrogen-bond acceptors (Lipinski definition) is 8. The third kappa shape index (κ3) is 43.1. The van der Waals surface area contributed by atoms with Gasteiger partial charge in [0.1, 0.15) is 12.2 Å². The molecule has 0 spiro atoms. The zero-order chi connectivity index (χ0) is 45.6. The summed E-state index contributed by atoms with van der Waals surface area (Å²) in [6, 6.07) is 0. The van der Waals surface area contributed by atoms with Crippen LogP contribution in [-0.4, -0.2) is 49.3 Å². The summed E-state index contributed by atoms with van der Waals surface area (Å²) in [6.45, 7) is 11.3. The van der Waals surface area contributed by atoms with Crippen LogP contribution in [0.15, 0.2) is 0 Å². The fourth-order valence-corrected chi connectivity index (χ4v) is 8.07. The van der Waals surface area contributed by atoms with Crippen LogP contribution in [0.25, 0.3) is 0 Å². The Labute approximate surface area is 383 Å². The van der Waals surface area contributed by atoms with Gasteiger partial charge in [0.25, 0.3) is 0 Å². The third-order valence-corrected chi connectivity index (χ3v) is 12.2. The standard InChI is InChI=1S/C54H102O8/c1-6-10-14-18-22-30-38-49(39-31-23-19-15-11-7-2)61-53(57)44-36-28-26-34-42-51(55)59-46-48(5)47-60-52(56)43-35-27-29-37-45-54(58)62-50(40-32-24-20-16-12-8-3)41-33-25-21-17-13-9-4/h48-50H,6-47H2,1-5H3. The number of esters is 4. The minimum absolute atomic E-state index is 0.0534. The smallest absolute Gasteiger partial charge is 0.306 e. The number of carbonyl (C=O) groups excluding carboxylic acids is 4. The van der Waals surface area contributed by atoms with Gasteiger partial charge in [-0.1, -0.05) is 189 Å². The summed E-state index contributed by atoms with van der Waals surface area (Å²) in [5, 5.41) is 0. The molecule has 0 unspecified atom stereocenters. The molecule has 0 heterocycles.